The average Bonchev–Trinajstić information content (AvgIpc) is 2.72. The summed E-state index contributed by atoms with van der Waals surface area (Å²) in [6.45, 7) is 6.98. The molecule has 4 N–H and O–H groups in total. The van der Waals surface area contributed by atoms with Crippen molar-refractivity contribution in [1.29, 1.82) is 0 Å². The number of amides is 1. The summed E-state index contributed by atoms with van der Waals surface area (Å²) in [7, 11) is 0. The van der Waals surface area contributed by atoms with Crippen LogP contribution >= 0.6 is 0 Å². The van der Waals surface area contributed by atoms with Crippen molar-refractivity contribution in [2.24, 2.45) is 16.5 Å². The van der Waals surface area contributed by atoms with Crippen LogP contribution in [0.5, 0.6) is 5.75 Å². The minimum Gasteiger partial charge on any atom is -0.423 e. The molecule has 160 valence electrons. The van der Waals surface area contributed by atoms with Gasteiger partial charge in [0.1, 0.15) is 5.75 Å². The molecule has 7 nitrogen and oxygen atoms in total. The van der Waals surface area contributed by atoms with E-state index in [0.717, 1.165) is 24.9 Å². The van der Waals surface area contributed by atoms with Crippen LogP contribution in [0.25, 0.3) is 0 Å². The van der Waals surface area contributed by atoms with Crippen LogP contribution in [0.3, 0.4) is 0 Å². The lowest BCUT2D eigenvalue weighted by Crippen LogP contribution is -2.39. The number of esters is 1. The summed E-state index contributed by atoms with van der Waals surface area (Å²) in [6, 6.07) is 13.7. The Kier molecular flexibility index (Phi) is 8.41. The Balaban J connectivity index is 1.99. The van der Waals surface area contributed by atoms with Crippen molar-refractivity contribution >= 4 is 23.5 Å². The quantitative estimate of drug-likeness (QED) is 0.285. The number of carbonyl (C=O) groups excluding carboxylic acids is 2. The Morgan fingerprint density at radius 3 is 2.20 bits per heavy atom. The lowest BCUT2D eigenvalue weighted by atomic mass is 10.1. The Hall–Kier alpha value is -3.35. The molecule has 0 aliphatic rings. The Labute approximate surface area is 177 Å². The maximum Gasteiger partial charge on any atom is 0.343 e. The molecule has 1 unspecified atom stereocenters. The van der Waals surface area contributed by atoms with E-state index in [1.807, 2.05) is 17.0 Å². The number of benzene rings is 2. The molecule has 0 fully saturated rings. The molecule has 0 aliphatic carbocycles. The van der Waals surface area contributed by atoms with Crippen LogP contribution in [-0.2, 0) is 11.2 Å². The molecule has 2 rings (SSSR count). The molecule has 0 aromatic heterocycles. The molecule has 1 atom stereocenters. The van der Waals surface area contributed by atoms with Crippen molar-refractivity contribution in [1.82, 2.24) is 4.90 Å². The van der Waals surface area contributed by atoms with Gasteiger partial charge in [-0.1, -0.05) is 26.0 Å². The van der Waals surface area contributed by atoms with Gasteiger partial charge in [0.05, 0.1) is 17.7 Å². The summed E-state index contributed by atoms with van der Waals surface area (Å²) in [5.41, 5.74) is 12.5. The molecule has 0 radical (unpaired) electrons. The lowest BCUT2D eigenvalue weighted by Gasteiger charge is -2.28. The maximum absolute atomic E-state index is 12.7. The topological polar surface area (TPSA) is 111 Å². The van der Waals surface area contributed by atoms with Crippen molar-refractivity contribution in [3.8, 4) is 5.75 Å². The minimum atomic E-state index is -0.485. The number of carbonyl (C=O) groups is 2. The average molecular weight is 411 g/mol. The van der Waals surface area contributed by atoms with Crippen LogP contribution < -0.4 is 16.2 Å². The zero-order valence-corrected chi connectivity index (χ0v) is 17.8. The molecule has 2 aromatic rings. The molecule has 0 aliphatic heterocycles. The molecule has 0 spiro atoms. The maximum atomic E-state index is 12.7. The summed E-state index contributed by atoms with van der Waals surface area (Å²) in [5, 5.41) is 0. The first-order valence-electron chi connectivity index (χ1n) is 10.1. The highest BCUT2D eigenvalue weighted by Crippen LogP contribution is 2.18. The van der Waals surface area contributed by atoms with Crippen LogP contribution in [0.15, 0.2) is 53.5 Å². The third-order valence-corrected chi connectivity index (χ3v) is 4.76. The first kappa shape index (κ1) is 22.9. The van der Waals surface area contributed by atoms with E-state index in [9.17, 15) is 9.59 Å². The van der Waals surface area contributed by atoms with Crippen LogP contribution in [0.4, 0.5) is 5.69 Å². The molecule has 7 heteroatoms. The highest BCUT2D eigenvalue weighted by atomic mass is 16.5. The van der Waals surface area contributed by atoms with E-state index < -0.39 is 5.97 Å². The van der Waals surface area contributed by atoms with Crippen LogP contribution in [0.2, 0.25) is 0 Å². The second-order valence-electron chi connectivity index (χ2n) is 7.14. The SMILES string of the molecule is CCCN(C(=O)Cc1ccc(OC(=O)c2ccc(N=C(N)N)cc2)cc1)C(C)CC. The highest BCUT2D eigenvalue weighted by molar-refractivity contribution is 5.91. The summed E-state index contributed by atoms with van der Waals surface area (Å²) in [4.78, 5) is 30.8. The van der Waals surface area contributed by atoms with Crippen molar-refractivity contribution < 1.29 is 14.3 Å². The molecule has 0 heterocycles. The smallest absolute Gasteiger partial charge is 0.343 e. The molecule has 30 heavy (non-hydrogen) atoms. The van der Waals surface area contributed by atoms with Gasteiger partial charge in [-0.25, -0.2) is 9.79 Å². The zero-order valence-electron chi connectivity index (χ0n) is 17.8. The normalized spacial score (nSPS) is 11.4. The number of hydrogen-bond acceptors (Lipinski definition) is 4. The van der Waals surface area contributed by atoms with E-state index in [-0.39, 0.29) is 17.9 Å². The standard InChI is InChI=1S/C23H30N4O3/c1-4-14-27(16(3)5-2)21(28)15-17-6-12-20(13-7-17)30-22(29)18-8-10-19(11-9-18)26-23(24)25/h6-13,16H,4-5,14-15H2,1-3H3,(H4,24,25,26). The van der Waals surface area contributed by atoms with Crippen LogP contribution in [0, 0.1) is 0 Å². The predicted molar refractivity (Wildman–Crippen MR) is 119 cm³/mol. The third-order valence-electron chi connectivity index (χ3n) is 4.76. The van der Waals surface area contributed by atoms with Crippen molar-refractivity contribution in [3.05, 3.63) is 59.7 Å². The van der Waals surface area contributed by atoms with Gasteiger partial charge in [-0.05, 0) is 61.7 Å². The number of nitrogens with zero attached hydrogens (tertiary/aromatic N) is 2. The second-order valence-corrected chi connectivity index (χ2v) is 7.14. The molecule has 0 bridgehead atoms. The first-order valence-corrected chi connectivity index (χ1v) is 10.1. The first-order chi connectivity index (χ1) is 14.3. The summed E-state index contributed by atoms with van der Waals surface area (Å²) in [5.74, 6) is -0.0134. The molecular formula is C23H30N4O3. The Morgan fingerprint density at radius 1 is 1.03 bits per heavy atom. The molecule has 0 saturated carbocycles. The number of guanidine groups is 1. The van der Waals surface area contributed by atoms with Gasteiger partial charge in [0.15, 0.2) is 5.96 Å². The molecular weight excluding hydrogens is 380 g/mol. The summed E-state index contributed by atoms with van der Waals surface area (Å²) < 4.78 is 5.40. The fraction of sp³-hybridized carbons (Fsp3) is 0.348. The molecule has 1 amide bonds. The highest BCUT2D eigenvalue weighted by Gasteiger charge is 2.18. The van der Waals surface area contributed by atoms with Crippen LogP contribution in [0.1, 0.15) is 49.5 Å². The number of aliphatic imine (C=N–C) groups is 1. The monoisotopic (exact) mass is 410 g/mol. The van der Waals surface area contributed by atoms with E-state index in [1.165, 1.54) is 0 Å². The summed E-state index contributed by atoms with van der Waals surface area (Å²) >= 11 is 0. The fourth-order valence-electron chi connectivity index (χ4n) is 2.99. The number of ether oxygens (including phenoxy) is 1. The van der Waals surface area contributed by atoms with Gasteiger partial charge in [-0.3, -0.25) is 4.79 Å². The van der Waals surface area contributed by atoms with Crippen molar-refractivity contribution in [2.45, 2.75) is 46.1 Å². The number of rotatable bonds is 9. The van der Waals surface area contributed by atoms with Gasteiger partial charge >= 0.3 is 5.97 Å². The van der Waals surface area contributed by atoms with E-state index in [4.69, 9.17) is 16.2 Å². The van der Waals surface area contributed by atoms with Crippen molar-refractivity contribution in [2.75, 3.05) is 6.54 Å². The van der Waals surface area contributed by atoms with Gasteiger partial charge in [0.2, 0.25) is 5.91 Å². The van der Waals surface area contributed by atoms with Crippen LogP contribution in [-0.4, -0.2) is 35.3 Å². The zero-order chi connectivity index (χ0) is 22.1. The Bertz CT molecular complexity index is 872. The van der Waals surface area contributed by atoms with E-state index in [0.29, 0.717) is 23.4 Å². The van der Waals surface area contributed by atoms with Crippen molar-refractivity contribution in [3.63, 3.8) is 0 Å². The van der Waals surface area contributed by atoms with E-state index in [2.05, 4.69) is 25.8 Å². The molecule has 0 saturated heterocycles. The number of hydrogen-bond donors (Lipinski definition) is 2. The van der Waals surface area contributed by atoms with E-state index in [1.54, 1.807) is 36.4 Å². The minimum absolute atomic E-state index is 0.0501. The van der Waals surface area contributed by atoms with Gasteiger partial charge in [0.25, 0.3) is 0 Å². The summed E-state index contributed by atoms with van der Waals surface area (Å²) in [6.07, 6.45) is 2.18. The van der Waals surface area contributed by atoms with Gasteiger partial charge in [-0.2, -0.15) is 0 Å². The van der Waals surface area contributed by atoms with Gasteiger partial charge in [0, 0.05) is 12.6 Å². The van der Waals surface area contributed by atoms with E-state index >= 15 is 0 Å². The van der Waals surface area contributed by atoms with Gasteiger partial charge < -0.3 is 21.1 Å². The number of nitrogens with two attached hydrogens (primary N) is 2. The Morgan fingerprint density at radius 2 is 1.67 bits per heavy atom. The second kappa shape index (κ2) is 11.0. The third kappa shape index (κ3) is 6.62. The van der Waals surface area contributed by atoms with Gasteiger partial charge in [-0.15, -0.1) is 0 Å². The fourth-order valence-corrected chi connectivity index (χ4v) is 2.99. The predicted octanol–water partition coefficient (Wildman–Crippen LogP) is 3.39. The largest absolute Gasteiger partial charge is 0.423 e. The molecule has 2 aromatic carbocycles. The lowest BCUT2D eigenvalue weighted by molar-refractivity contribution is -0.132.